The molecule has 1 atom stereocenters. The molecule has 9 heteroatoms. The molecule has 0 bridgehead atoms. The van der Waals surface area contributed by atoms with Crippen molar-refractivity contribution in [3.05, 3.63) is 54.1 Å². The number of amides is 3. The molecule has 0 radical (unpaired) electrons. The summed E-state index contributed by atoms with van der Waals surface area (Å²) in [5, 5.41) is 1.52. The molecule has 1 N–H and O–H groups in total. The zero-order valence-electron chi connectivity index (χ0n) is 17.4. The quantitative estimate of drug-likeness (QED) is 0.706. The van der Waals surface area contributed by atoms with Gasteiger partial charge in [-0.2, -0.15) is 0 Å². The summed E-state index contributed by atoms with van der Waals surface area (Å²) in [6.45, 7) is 0.905. The Balaban J connectivity index is 1.54. The van der Waals surface area contributed by atoms with Crippen molar-refractivity contribution in [3.8, 4) is 0 Å². The third-order valence-electron chi connectivity index (χ3n) is 5.54. The Hall–Kier alpha value is -2.94. The Bertz CT molecular complexity index is 1040. The summed E-state index contributed by atoms with van der Waals surface area (Å²) in [5.74, 6) is -3.37. The van der Waals surface area contributed by atoms with Gasteiger partial charge in [-0.05, 0) is 37.1 Å². The van der Waals surface area contributed by atoms with Gasteiger partial charge >= 0.3 is 0 Å². The van der Waals surface area contributed by atoms with E-state index in [4.69, 9.17) is 0 Å². The second-order valence-electron chi connectivity index (χ2n) is 7.81. The SMILES string of the molecule is O=C(CN1C(=O)[C@@H](C(=O)N2CCCCCC2)Sc2ccccc21)Nc1ccc(F)c(F)c1. The van der Waals surface area contributed by atoms with Crippen molar-refractivity contribution >= 4 is 40.9 Å². The number of benzene rings is 2. The van der Waals surface area contributed by atoms with Crippen LogP contribution in [0.1, 0.15) is 25.7 Å². The van der Waals surface area contributed by atoms with Crippen LogP contribution in [0.25, 0.3) is 0 Å². The zero-order valence-corrected chi connectivity index (χ0v) is 18.2. The summed E-state index contributed by atoms with van der Waals surface area (Å²) in [4.78, 5) is 42.9. The highest BCUT2D eigenvalue weighted by molar-refractivity contribution is 8.01. The summed E-state index contributed by atoms with van der Waals surface area (Å²) < 4.78 is 26.6. The molecule has 1 fully saturated rings. The van der Waals surface area contributed by atoms with E-state index in [1.54, 1.807) is 17.0 Å². The number of para-hydroxylation sites is 1. The largest absolute Gasteiger partial charge is 0.341 e. The van der Waals surface area contributed by atoms with E-state index in [0.717, 1.165) is 42.7 Å². The third-order valence-corrected chi connectivity index (χ3v) is 6.78. The first-order valence-electron chi connectivity index (χ1n) is 10.5. The maximum absolute atomic E-state index is 13.5. The molecule has 4 rings (SSSR count). The molecule has 2 aliphatic heterocycles. The molecule has 0 aromatic heterocycles. The summed E-state index contributed by atoms with van der Waals surface area (Å²) in [5.41, 5.74) is 0.626. The maximum atomic E-state index is 13.5. The van der Waals surface area contributed by atoms with E-state index in [1.165, 1.54) is 22.7 Å². The van der Waals surface area contributed by atoms with E-state index in [9.17, 15) is 23.2 Å². The number of carbonyl (C=O) groups is 3. The first kappa shape index (κ1) is 22.3. The predicted molar refractivity (Wildman–Crippen MR) is 118 cm³/mol. The number of carbonyl (C=O) groups excluding carboxylic acids is 3. The van der Waals surface area contributed by atoms with Gasteiger partial charge in [0.15, 0.2) is 16.9 Å². The fourth-order valence-corrected chi connectivity index (χ4v) is 5.10. The number of thioether (sulfide) groups is 1. The van der Waals surface area contributed by atoms with Gasteiger partial charge in [-0.25, -0.2) is 8.78 Å². The molecule has 2 aliphatic rings. The van der Waals surface area contributed by atoms with Crippen LogP contribution in [0.5, 0.6) is 0 Å². The van der Waals surface area contributed by atoms with Crippen LogP contribution < -0.4 is 10.2 Å². The molecule has 32 heavy (non-hydrogen) atoms. The number of hydrogen-bond acceptors (Lipinski definition) is 4. The molecule has 2 aromatic carbocycles. The molecule has 3 amide bonds. The van der Waals surface area contributed by atoms with Crippen molar-refractivity contribution in [3.63, 3.8) is 0 Å². The van der Waals surface area contributed by atoms with Gasteiger partial charge in [0.25, 0.3) is 5.91 Å². The lowest BCUT2D eigenvalue weighted by Gasteiger charge is -2.34. The number of halogens is 2. The van der Waals surface area contributed by atoms with Crippen molar-refractivity contribution in [2.24, 2.45) is 0 Å². The Morgan fingerprint density at radius 1 is 1.00 bits per heavy atom. The van der Waals surface area contributed by atoms with Gasteiger partial charge in [0.05, 0.1) is 5.69 Å². The molecule has 168 valence electrons. The fraction of sp³-hybridized carbons (Fsp3) is 0.348. The van der Waals surface area contributed by atoms with Crippen LogP contribution in [-0.4, -0.2) is 47.5 Å². The number of likely N-dealkylation sites (tertiary alicyclic amines) is 1. The topological polar surface area (TPSA) is 69.7 Å². The lowest BCUT2D eigenvalue weighted by atomic mass is 10.2. The fourth-order valence-electron chi connectivity index (χ4n) is 3.91. The monoisotopic (exact) mass is 459 g/mol. The average molecular weight is 460 g/mol. The number of hydrogen-bond donors (Lipinski definition) is 1. The number of nitrogens with one attached hydrogen (secondary N) is 1. The molecular weight excluding hydrogens is 436 g/mol. The molecule has 0 spiro atoms. The molecular formula is C23H23F2N3O3S. The van der Waals surface area contributed by atoms with Crippen LogP contribution in [0.3, 0.4) is 0 Å². The van der Waals surface area contributed by atoms with Gasteiger partial charge in [-0.3, -0.25) is 14.4 Å². The van der Waals surface area contributed by atoms with Crippen LogP contribution in [0, 0.1) is 11.6 Å². The molecule has 0 unspecified atom stereocenters. The van der Waals surface area contributed by atoms with Crippen molar-refractivity contribution in [1.82, 2.24) is 4.90 Å². The molecule has 2 aromatic rings. The second-order valence-corrected chi connectivity index (χ2v) is 8.95. The van der Waals surface area contributed by atoms with Gasteiger partial charge in [-0.1, -0.05) is 25.0 Å². The Morgan fingerprint density at radius 3 is 2.44 bits per heavy atom. The number of nitrogens with zero attached hydrogens (tertiary/aromatic N) is 2. The predicted octanol–water partition coefficient (Wildman–Crippen LogP) is 3.81. The Morgan fingerprint density at radius 2 is 1.72 bits per heavy atom. The van der Waals surface area contributed by atoms with Crippen LogP contribution in [0.4, 0.5) is 20.2 Å². The zero-order chi connectivity index (χ0) is 22.7. The van der Waals surface area contributed by atoms with Crippen LogP contribution in [0.15, 0.2) is 47.4 Å². The molecule has 6 nitrogen and oxygen atoms in total. The van der Waals surface area contributed by atoms with Gasteiger partial charge < -0.3 is 15.1 Å². The van der Waals surface area contributed by atoms with E-state index in [2.05, 4.69) is 5.32 Å². The van der Waals surface area contributed by atoms with Crippen molar-refractivity contribution in [2.75, 3.05) is 29.9 Å². The third kappa shape index (κ3) is 4.77. The lowest BCUT2D eigenvalue weighted by molar-refractivity contribution is -0.135. The number of fused-ring (bicyclic) bond motifs is 1. The Kier molecular flexibility index (Phi) is 6.74. The van der Waals surface area contributed by atoms with Crippen molar-refractivity contribution in [1.29, 1.82) is 0 Å². The minimum Gasteiger partial charge on any atom is -0.341 e. The minimum absolute atomic E-state index is 0.0817. The highest BCUT2D eigenvalue weighted by Gasteiger charge is 2.40. The number of rotatable bonds is 4. The lowest BCUT2D eigenvalue weighted by Crippen LogP contribution is -2.51. The van der Waals surface area contributed by atoms with Crippen LogP contribution in [-0.2, 0) is 14.4 Å². The van der Waals surface area contributed by atoms with Gasteiger partial charge in [-0.15, -0.1) is 11.8 Å². The highest BCUT2D eigenvalue weighted by Crippen LogP contribution is 2.39. The van der Waals surface area contributed by atoms with E-state index >= 15 is 0 Å². The summed E-state index contributed by atoms with van der Waals surface area (Å²) in [6.07, 6.45) is 3.95. The normalized spacial score (nSPS) is 18.7. The summed E-state index contributed by atoms with van der Waals surface area (Å²) >= 11 is 1.21. The molecule has 2 heterocycles. The van der Waals surface area contributed by atoms with E-state index in [0.29, 0.717) is 18.8 Å². The average Bonchev–Trinajstić information content (AvgIpc) is 3.07. The van der Waals surface area contributed by atoms with Crippen molar-refractivity contribution < 1.29 is 23.2 Å². The van der Waals surface area contributed by atoms with E-state index < -0.39 is 28.7 Å². The van der Waals surface area contributed by atoms with Gasteiger partial charge in [0.1, 0.15) is 6.54 Å². The standard InChI is InChI=1S/C23H23F2N3O3S/c24-16-10-9-15(13-17(16)25)26-20(29)14-28-18-7-3-4-8-19(18)32-21(23(28)31)22(30)27-11-5-1-2-6-12-27/h3-4,7-10,13,21H,1-2,5-6,11-12,14H2,(H,26,29)/t21-/m1/s1. The minimum atomic E-state index is -1.08. The smallest absolute Gasteiger partial charge is 0.250 e. The van der Waals surface area contributed by atoms with Gasteiger partial charge in [0, 0.05) is 29.7 Å². The first-order valence-corrected chi connectivity index (χ1v) is 11.4. The van der Waals surface area contributed by atoms with Crippen LogP contribution in [0.2, 0.25) is 0 Å². The van der Waals surface area contributed by atoms with Gasteiger partial charge in [0.2, 0.25) is 11.8 Å². The second kappa shape index (κ2) is 9.68. The number of anilines is 2. The van der Waals surface area contributed by atoms with E-state index in [1.807, 2.05) is 12.1 Å². The molecule has 1 saturated heterocycles. The summed E-state index contributed by atoms with van der Waals surface area (Å²) in [6, 6.07) is 10.1. The van der Waals surface area contributed by atoms with Crippen LogP contribution >= 0.6 is 11.8 Å². The highest BCUT2D eigenvalue weighted by atomic mass is 32.2. The summed E-state index contributed by atoms with van der Waals surface area (Å²) in [7, 11) is 0. The molecule has 0 saturated carbocycles. The maximum Gasteiger partial charge on any atom is 0.250 e. The molecule has 0 aliphatic carbocycles. The first-order chi connectivity index (χ1) is 15.4. The Labute approximate surface area is 188 Å². The van der Waals surface area contributed by atoms with Crippen molar-refractivity contribution in [2.45, 2.75) is 35.8 Å². The van der Waals surface area contributed by atoms with E-state index in [-0.39, 0.29) is 18.1 Å².